The maximum absolute atomic E-state index is 10.4. The highest BCUT2D eigenvalue weighted by molar-refractivity contribution is 5.33. The molecule has 0 heterocycles. The largest absolute Gasteiger partial charge is 0.494 e. The van der Waals surface area contributed by atoms with Gasteiger partial charge in [0.2, 0.25) is 0 Å². The van der Waals surface area contributed by atoms with Gasteiger partial charge in [0.05, 0.1) is 6.61 Å². The van der Waals surface area contributed by atoms with Crippen molar-refractivity contribution in [2.24, 2.45) is 0 Å². The van der Waals surface area contributed by atoms with Crippen molar-refractivity contribution >= 4 is 0 Å². The van der Waals surface area contributed by atoms with Gasteiger partial charge in [-0.1, -0.05) is 24.6 Å². The van der Waals surface area contributed by atoms with Crippen LogP contribution in [0.1, 0.15) is 50.7 Å². The molecule has 2 nitrogen and oxygen atoms in total. The SMILES string of the molecule is CCOc1cccc(C(O)C2=CCCCCC2)c1. The fraction of sp³-hybridized carbons (Fsp3) is 0.500. The van der Waals surface area contributed by atoms with Crippen LogP contribution in [-0.4, -0.2) is 11.7 Å². The molecule has 0 aliphatic heterocycles. The average molecular weight is 246 g/mol. The molecule has 1 atom stereocenters. The number of ether oxygens (including phenoxy) is 1. The summed E-state index contributed by atoms with van der Waals surface area (Å²) in [6, 6.07) is 7.79. The molecule has 0 spiro atoms. The topological polar surface area (TPSA) is 29.5 Å². The average Bonchev–Trinajstić information content (AvgIpc) is 2.67. The predicted molar refractivity (Wildman–Crippen MR) is 73.7 cm³/mol. The van der Waals surface area contributed by atoms with E-state index in [1.54, 1.807) is 0 Å². The monoisotopic (exact) mass is 246 g/mol. The third-order valence-electron chi connectivity index (χ3n) is 3.41. The molecule has 0 radical (unpaired) electrons. The number of benzene rings is 1. The van der Waals surface area contributed by atoms with Crippen LogP contribution in [0.2, 0.25) is 0 Å². The van der Waals surface area contributed by atoms with Crippen molar-refractivity contribution in [3.63, 3.8) is 0 Å². The molecule has 0 amide bonds. The fourth-order valence-corrected chi connectivity index (χ4v) is 2.44. The Morgan fingerprint density at radius 1 is 1.28 bits per heavy atom. The van der Waals surface area contributed by atoms with Crippen LogP contribution in [0.15, 0.2) is 35.9 Å². The Bertz CT molecular complexity index is 409. The molecule has 98 valence electrons. The quantitative estimate of drug-likeness (QED) is 0.813. The van der Waals surface area contributed by atoms with E-state index in [1.165, 1.54) is 24.8 Å². The summed E-state index contributed by atoms with van der Waals surface area (Å²) in [5.41, 5.74) is 2.11. The van der Waals surface area contributed by atoms with E-state index in [0.29, 0.717) is 6.61 Å². The van der Waals surface area contributed by atoms with Crippen molar-refractivity contribution in [3.8, 4) is 5.75 Å². The molecule has 1 aromatic rings. The molecule has 0 bridgehead atoms. The van der Waals surface area contributed by atoms with E-state index >= 15 is 0 Å². The Labute approximate surface area is 109 Å². The van der Waals surface area contributed by atoms with Crippen molar-refractivity contribution in [1.29, 1.82) is 0 Å². The van der Waals surface area contributed by atoms with Gasteiger partial charge >= 0.3 is 0 Å². The van der Waals surface area contributed by atoms with E-state index in [0.717, 1.165) is 24.2 Å². The second kappa shape index (κ2) is 6.60. The second-order valence-electron chi connectivity index (χ2n) is 4.79. The minimum atomic E-state index is -0.469. The number of hydrogen-bond acceptors (Lipinski definition) is 2. The first-order chi connectivity index (χ1) is 8.81. The Balaban J connectivity index is 2.14. The summed E-state index contributed by atoms with van der Waals surface area (Å²) in [6.45, 7) is 2.62. The third kappa shape index (κ3) is 3.36. The molecular weight excluding hydrogens is 224 g/mol. The maximum Gasteiger partial charge on any atom is 0.119 e. The molecular formula is C16H22O2. The Morgan fingerprint density at radius 2 is 2.17 bits per heavy atom. The zero-order valence-corrected chi connectivity index (χ0v) is 11.1. The van der Waals surface area contributed by atoms with E-state index in [4.69, 9.17) is 4.74 Å². The molecule has 1 aromatic carbocycles. The van der Waals surface area contributed by atoms with E-state index in [-0.39, 0.29) is 0 Å². The van der Waals surface area contributed by atoms with Gasteiger partial charge in [-0.2, -0.15) is 0 Å². The first-order valence-corrected chi connectivity index (χ1v) is 6.91. The summed E-state index contributed by atoms with van der Waals surface area (Å²) in [6.07, 6.45) is 7.56. The predicted octanol–water partition coefficient (Wildman–Crippen LogP) is 4.01. The second-order valence-corrected chi connectivity index (χ2v) is 4.79. The number of hydrogen-bond donors (Lipinski definition) is 1. The highest BCUT2D eigenvalue weighted by Crippen LogP contribution is 2.30. The van der Waals surface area contributed by atoms with Crippen LogP contribution in [0.4, 0.5) is 0 Å². The van der Waals surface area contributed by atoms with E-state index < -0.39 is 6.10 Å². The number of aliphatic hydroxyl groups excluding tert-OH is 1. The molecule has 2 rings (SSSR count). The van der Waals surface area contributed by atoms with E-state index in [2.05, 4.69) is 6.08 Å². The van der Waals surface area contributed by atoms with Crippen LogP contribution in [0.5, 0.6) is 5.75 Å². The summed E-state index contributed by atoms with van der Waals surface area (Å²) in [5, 5.41) is 10.4. The first-order valence-electron chi connectivity index (χ1n) is 6.91. The van der Waals surface area contributed by atoms with Crippen LogP contribution in [0.3, 0.4) is 0 Å². The molecule has 0 saturated heterocycles. The van der Waals surface area contributed by atoms with Crippen LogP contribution in [-0.2, 0) is 0 Å². The zero-order chi connectivity index (χ0) is 12.8. The van der Waals surface area contributed by atoms with Crippen LogP contribution >= 0.6 is 0 Å². The molecule has 0 saturated carbocycles. The normalized spacial score (nSPS) is 17.8. The van der Waals surface area contributed by atoms with Crippen molar-refractivity contribution in [1.82, 2.24) is 0 Å². The zero-order valence-electron chi connectivity index (χ0n) is 11.1. The highest BCUT2D eigenvalue weighted by Gasteiger charge is 2.15. The van der Waals surface area contributed by atoms with E-state index in [9.17, 15) is 5.11 Å². The van der Waals surface area contributed by atoms with Gasteiger partial charge in [-0.3, -0.25) is 0 Å². The molecule has 2 heteroatoms. The van der Waals surface area contributed by atoms with Crippen molar-refractivity contribution < 1.29 is 9.84 Å². The van der Waals surface area contributed by atoms with Gasteiger partial charge in [0.15, 0.2) is 0 Å². The van der Waals surface area contributed by atoms with Gasteiger partial charge in [-0.15, -0.1) is 0 Å². The Kier molecular flexibility index (Phi) is 4.82. The van der Waals surface area contributed by atoms with Gasteiger partial charge < -0.3 is 9.84 Å². The molecule has 1 aliphatic rings. The lowest BCUT2D eigenvalue weighted by Gasteiger charge is -2.15. The van der Waals surface area contributed by atoms with Crippen LogP contribution < -0.4 is 4.74 Å². The minimum Gasteiger partial charge on any atom is -0.494 e. The Morgan fingerprint density at radius 3 is 3.00 bits per heavy atom. The minimum absolute atomic E-state index is 0.469. The summed E-state index contributed by atoms with van der Waals surface area (Å²) in [7, 11) is 0. The number of rotatable bonds is 4. The molecule has 0 fully saturated rings. The lowest BCUT2D eigenvalue weighted by atomic mass is 9.98. The molecule has 1 aliphatic carbocycles. The van der Waals surface area contributed by atoms with Gasteiger partial charge in [0, 0.05) is 0 Å². The molecule has 0 aromatic heterocycles. The van der Waals surface area contributed by atoms with Gasteiger partial charge in [0.25, 0.3) is 0 Å². The lowest BCUT2D eigenvalue weighted by molar-refractivity contribution is 0.210. The number of allylic oxidation sites excluding steroid dienone is 1. The molecule has 1 N–H and O–H groups in total. The summed E-state index contributed by atoms with van der Waals surface area (Å²) >= 11 is 0. The van der Waals surface area contributed by atoms with Gasteiger partial charge in [-0.05, 0) is 55.9 Å². The van der Waals surface area contributed by atoms with Crippen molar-refractivity contribution in [2.45, 2.75) is 45.1 Å². The standard InChI is InChI=1S/C16H22O2/c1-2-18-15-11-7-10-14(12-15)16(17)13-8-5-3-4-6-9-13/h7-8,10-12,16-17H,2-6,9H2,1H3. The highest BCUT2D eigenvalue weighted by atomic mass is 16.5. The Hall–Kier alpha value is -1.28. The van der Waals surface area contributed by atoms with Crippen LogP contribution in [0.25, 0.3) is 0 Å². The smallest absolute Gasteiger partial charge is 0.119 e. The van der Waals surface area contributed by atoms with Crippen molar-refractivity contribution in [2.75, 3.05) is 6.61 Å². The van der Waals surface area contributed by atoms with E-state index in [1.807, 2.05) is 31.2 Å². The fourth-order valence-electron chi connectivity index (χ4n) is 2.44. The maximum atomic E-state index is 10.4. The lowest BCUT2D eigenvalue weighted by Crippen LogP contribution is -2.02. The number of aliphatic hydroxyl groups is 1. The summed E-state index contributed by atoms with van der Waals surface area (Å²) in [5.74, 6) is 0.836. The van der Waals surface area contributed by atoms with Crippen molar-refractivity contribution in [3.05, 3.63) is 41.5 Å². The molecule has 18 heavy (non-hydrogen) atoms. The first kappa shape index (κ1) is 13.2. The summed E-state index contributed by atoms with van der Waals surface area (Å²) < 4.78 is 5.48. The molecule has 1 unspecified atom stereocenters. The van der Waals surface area contributed by atoms with Gasteiger partial charge in [0.1, 0.15) is 11.9 Å². The van der Waals surface area contributed by atoms with Crippen LogP contribution in [0, 0.1) is 0 Å². The third-order valence-corrected chi connectivity index (χ3v) is 3.41. The summed E-state index contributed by atoms with van der Waals surface area (Å²) in [4.78, 5) is 0. The van der Waals surface area contributed by atoms with Gasteiger partial charge in [-0.25, -0.2) is 0 Å².